The Balaban J connectivity index is 1.87. The van der Waals surface area contributed by atoms with Crippen LogP contribution < -0.4 is 11.3 Å². The predicted molar refractivity (Wildman–Crippen MR) is 75.0 cm³/mol. The first kappa shape index (κ1) is 13.3. The van der Waals surface area contributed by atoms with Crippen molar-refractivity contribution in [1.82, 2.24) is 9.88 Å². The van der Waals surface area contributed by atoms with Gasteiger partial charge in [-0.2, -0.15) is 0 Å². The lowest BCUT2D eigenvalue weighted by molar-refractivity contribution is 0.109. The molecule has 0 atom stereocenters. The molecule has 1 aromatic rings. The predicted octanol–water partition coefficient (Wildman–Crippen LogP) is 2.38. The molecule has 0 aromatic carbocycles. The quantitative estimate of drug-likeness (QED) is 0.634. The summed E-state index contributed by atoms with van der Waals surface area (Å²) in [6.07, 6.45) is 5.81. The summed E-state index contributed by atoms with van der Waals surface area (Å²) in [5.41, 5.74) is 4.37. The highest BCUT2D eigenvalue weighted by Gasteiger charge is 2.27. The van der Waals surface area contributed by atoms with Gasteiger partial charge in [-0.1, -0.05) is 26.3 Å². The van der Waals surface area contributed by atoms with Gasteiger partial charge in [-0.3, -0.25) is 4.90 Å². The fraction of sp³-hybridized carbons (Fsp3) is 0.643. The van der Waals surface area contributed by atoms with Crippen LogP contribution in [-0.2, 0) is 6.54 Å². The minimum atomic E-state index is 0.558. The number of hydrogen-bond acceptors (Lipinski definition) is 4. The molecule has 0 spiro atoms. The van der Waals surface area contributed by atoms with Crippen molar-refractivity contribution in [3.05, 3.63) is 23.9 Å². The number of nitrogens with zero attached hydrogens (tertiary/aromatic N) is 2. The summed E-state index contributed by atoms with van der Waals surface area (Å²) in [5.74, 6) is 6.02. The summed E-state index contributed by atoms with van der Waals surface area (Å²) < 4.78 is 0. The Labute approximate surface area is 110 Å². The number of rotatable bonds is 4. The Bertz CT molecular complexity index is 366. The van der Waals surface area contributed by atoms with Crippen LogP contribution in [0.4, 0.5) is 5.82 Å². The van der Waals surface area contributed by atoms with E-state index >= 15 is 0 Å². The molecule has 4 nitrogen and oxygen atoms in total. The van der Waals surface area contributed by atoms with E-state index in [-0.39, 0.29) is 0 Å². The van der Waals surface area contributed by atoms with E-state index in [9.17, 15) is 0 Å². The molecule has 1 aliphatic heterocycles. The SMILES string of the molecule is CCC1(C)CCN(Cc2ccc(NN)nc2)CC1. The number of anilines is 1. The number of nitrogens with two attached hydrogens (primary N) is 1. The lowest BCUT2D eigenvalue weighted by Crippen LogP contribution is -2.37. The number of hydrogen-bond donors (Lipinski definition) is 2. The van der Waals surface area contributed by atoms with E-state index in [1.807, 2.05) is 12.3 Å². The molecule has 4 heteroatoms. The summed E-state index contributed by atoms with van der Waals surface area (Å²) in [6, 6.07) is 4.02. The number of likely N-dealkylation sites (tertiary alicyclic amines) is 1. The first-order valence-corrected chi connectivity index (χ1v) is 6.79. The maximum Gasteiger partial charge on any atom is 0.139 e. The summed E-state index contributed by atoms with van der Waals surface area (Å²) in [7, 11) is 0. The molecule has 1 aromatic heterocycles. The zero-order valence-electron chi connectivity index (χ0n) is 11.4. The first-order chi connectivity index (χ1) is 8.65. The molecular formula is C14H24N4. The largest absolute Gasteiger partial charge is 0.308 e. The summed E-state index contributed by atoms with van der Waals surface area (Å²) >= 11 is 0. The molecule has 0 radical (unpaired) electrons. The van der Waals surface area contributed by atoms with E-state index < -0.39 is 0 Å². The zero-order valence-corrected chi connectivity index (χ0v) is 11.4. The van der Waals surface area contributed by atoms with Crippen molar-refractivity contribution in [2.75, 3.05) is 18.5 Å². The molecular weight excluding hydrogens is 224 g/mol. The van der Waals surface area contributed by atoms with Crippen LogP contribution in [0.5, 0.6) is 0 Å². The van der Waals surface area contributed by atoms with Crippen LogP contribution in [0, 0.1) is 5.41 Å². The van der Waals surface area contributed by atoms with E-state index in [1.54, 1.807) is 0 Å². The van der Waals surface area contributed by atoms with Crippen LogP contribution in [0.15, 0.2) is 18.3 Å². The number of hydrazine groups is 1. The normalized spacial score (nSPS) is 19.7. The highest BCUT2D eigenvalue weighted by molar-refractivity contribution is 5.33. The maximum absolute atomic E-state index is 5.31. The van der Waals surface area contributed by atoms with Gasteiger partial charge in [-0.25, -0.2) is 10.8 Å². The standard InChI is InChI=1S/C14H24N4/c1-3-14(2)6-8-18(9-7-14)11-12-4-5-13(17-15)16-10-12/h4-5,10H,3,6-9,11,15H2,1-2H3,(H,16,17). The van der Waals surface area contributed by atoms with Crippen LogP contribution in [0.1, 0.15) is 38.7 Å². The summed E-state index contributed by atoms with van der Waals surface area (Å²) in [6.45, 7) is 8.10. The van der Waals surface area contributed by atoms with Gasteiger partial charge in [0.25, 0.3) is 0 Å². The Morgan fingerprint density at radius 3 is 2.61 bits per heavy atom. The Kier molecular flexibility index (Phi) is 4.19. The monoisotopic (exact) mass is 248 g/mol. The molecule has 0 bridgehead atoms. The molecule has 1 aliphatic rings. The van der Waals surface area contributed by atoms with Crippen molar-refractivity contribution >= 4 is 5.82 Å². The number of pyridine rings is 1. The molecule has 0 aliphatic carbocycles. The second-order valence-corrected chi connectivity index (χ2v) is 5.64. The van der Waals surface area contributed by atoms with Crippen molar-refractivity contribution in [1.29, 1.82) is 0 Å². The van der Waals surface area contributed by atoms with E-state index in [4.69, 9.17) is 5.84 Å². The highest BCUT2D eigenvalue weighted by atomic mass is 15.2. The van der Waals surface area contributed by atoms with Gasteiger partial charge >= 0.3 is 0 Å². The Morgan fingerprint density at radius 1 is 1.39 bits per heavy atom. The second kappa shape index (κ2) is 5.67. The third-order valence-electron chi connectivity index (χ3n) is 4.30. The molecule has 1 fully saturated rings. The van der Waals surface area contributed by atoms with Crippen LogP contribution >= 0.6 is 0 Å². The summed E-state index contributed by atoms with van der Waals surface area (Å²) in [4.78, 5) is 6.76. The number of aromatic nitrogens is 1. The minimum absolute atomic E-state index is 0.558. The minimum Gasteiger partial charge on any atom is -0.308 e. The van der Waals surface area contributed by atoms with Gasteiger partial charge in [0.15, 0.2) is 0 Å². The number of nitrogen functional groups attached to an aromatic ring is 1. The maximum atomic E-state index is 5.31. The van der Waals surface area contributed by atoms with Gasteiger partial charge in [0.05, 0.1) is 0 Å². The van der Waals surface area contributed by atoms with Crippen LogP contribution in [-0.4, -0.2) is 23.0 Å². The molecule has 2 heterocycles. The topological polar surface area (TPSA) is 54.2 Å². The van der Waals surface area contributed by atoms with Gasteiger partial charge in [0.1, 0.15) is 5.82 Å². The summed E-state index contributed by atoms with van der Waals surface area (Å²) in [5, 5.41) is 0. The molecule has 0 saturated carbocycles. The van der Waals surface area contributed by atoms with E-state index in [1.165, 1.54) is 37.9 Å². The lowest BCUT2D eigenvalue weighted by atomic mass is 9.78. The van der Waals surface area contributed by atoms with Crippen LogP contribution in [0.3, 0.4) is 0 Å². The van der Waals surface area contributed by atoms with Crippen molar-refractivity contribution in [3.8, 4) is 0 Å². The van der Waals surface area contributed by atoms with Gasteiger partial charge in [-0.05, 0) is 43.0 Å². The van der Waals surface area contributed by atoms with Gasteiger partial charge in [0.2, 0.25) is 0 Å². The third kappa shape index (κ3) is 3.21. The van der Waals surface area contributed by atoms with E-state index in [0.29, 0.717) is 5.41 Å². The molecule has 18 heavy (non-hydrogen) atoms. The molecule has 100 valence electrons. The van der Waals surface area contributed by atoms with Crippen molar-refractivity contribution in [2.24, 2.45) is 11.3 Å². The number of nitrogens with one attached hydrogen (secondary N) is 1. The van der Waals surface area contributed by atoms with E-state index in [0.717, 1.165) is 12.4 Å². The average Bonchev–Trinajstić information content (AvgIpc) is 2.42. The highest BCUT2D eigenvalue weighted by Crippen LogP contribution is 2.34. The fourth-order valence-corrected chi connectivity index (χ4v) is 2.47. The average molecular weight is 248 g/mol. The molecule has 1 saturated heterocycles. The Morgan fingerprint density at radius 2 is 2.11 bits per heavy atom. The zero-order chi connectivity index (χ0) is 13.0. The second-order valence-electron chi connectivity index (χ2n) is 5.64. The van der Waals surface area contributed by atoms with Gasteiger partial charge in [-0.15, -0.1) is 0 Å². The third-order valence-corrected chi connectivity index (χ3v) is 4.30. The van der Waals surface area contributed by atoms with Crippen molar-refractivity contribution < 1.29 is 0 Å². The number of piperidine rings is 1. The Hall–Kier alpha value is -1.13. The lowest BCUT2D eigenvalue weighted by Gasteiger charge is -2.38. The molecule has 0 amide bonds. The first-order valence-electron chi connectivity index (χ1n) is 6.79. The van der Waals surface area contributed by atoms with Crippen LogP contribution in [0.25, 0.3) is 0 Å². The van der Waals surface area contributed by atoms with Gasteiger partial charge < -0.3 is 5.43 Å². The van der Waals surface area contributed by atoms with Gasteiger partial charge in [0, 0.05) is 12.7 Å². The smallest absolute Gasteiger partial charge is 0.139 e. The van der Waals surface area contributed by atoms with E-state index in [2.05, 4.69) is 35.2 Å². The molecule has 0 unspecified atom stereocenters. The van der Waals surface area contributed by atoms with Crippen molar-refractivity contribution in [3.63, 3.8) is 0 Å². The fourth-order valence-electron chi connectivity index (χ4n) is 2.47. The molecule has 3 N–H and O–H groups in total. The van der Waals surface area contributed by atoms with Crippen LogP contribution in [0.2, 0.25) is 0 Å². The van der Waals surface area contributed by atoms with Crippen molar-refractivity contribution in [2.45, 2.75) is 39.7 Å². The molecule has 2 rings (SSSR count).